The lowest BCUT2D eigenvalue weighted by Crippen LogP contribution is -2.52. The molecule has 2 aromatic heterocycles. The molecule has 0 spiro atoms. The van der Waals surface area contributed by atoms with Crippen LogP contribution in [0.25, 0.3) is 5.65 Å². The third kappa shape index (κ3) is 3.00. The lowest BCUT2D eigenvalue weighted by Gasteiger charge is -2.40. The maximum atomic E-state index is 12.2. The molecule has 3 fully saturated rings. The van der Waals surface area contributed by atoms with E-state index in [1.54, 1.807) is 11.9 Å². The van der Waals surface area contributed by atoms with Gasteiger partial charge in [-0.05, 0) is 25.0 Å². The largest absolute Gasteiger partial charge is 0.355 e. The van der Waals surface area contributed by atoms with Crippen molar-refractivity contribution in [2.75, 3.05) is 38.1 Å². The highest BCUT2D eigenvalue weighted by Crippen LogP contribution is 2.38. The molecule has 0 aromatic carbocycles. The second kappa shape index (κ2) is 6.17. The maximum absolute atomic E-state index is 12.2. The number of aromatic nitrogens is 4. The summed E-state index contributed by atoms with van der Waals surface area (Å²) >= 11 is 0. The summed E-state index contributed by atoms with van der Waals surface area (Å²) in [6, 6.07) is 3.94. The van der Waals surface area contributed by atoms with E-state index in [4.69, 9.17) is 5.10 Å². The molecule has 2 aromatic rings. The highest BCUT2D eigenvalue weighted by molar-refractivity contribution is 5.89. The van der Waals surface area contributed by atoms with Crippen molar-refractivity contribution in [2.45, 2.75) is 25.2 Å². The van der Waals surface area contributed by atoms with Gasteiger partial charge in [-0.3, -0.25) is 9.59 Å². The fraction of sp³-hybridized carbons (Fsp3) is 0.611. The van der Waals surface area contributed by atoms with Crippen molar-refractivity contribution in [3.63, 3.8) is 0 Å². The molecule has 9 heteroatoms. The van der Waals surface area contributed by atoms with Crippen LogP contribution < -0.4 is 10.2 Å². The standard InChI is InChI=1S/C18H23N7O2/c1-23-10-13(6-16(23)26)18(27)19-7-11-8-24(9-11)15-5-4-14-20-21-17(12-2-3-12)25(14)22-15/h4-5,11-13H,2-3,6-10H2,1H3,(H,19,27). The Labute approximate surface area is 156 Å². The van der Waals surface area contributed by atoms with E-state index >= 15 is 0 Å². The number of nitrogens with zero attached hydrogens (tertiary/aromatic N) is 6. The Morgan fingerprint density at radius 3 is 2.74 bits per heavy atom. The number of hydrogen-bond acceptors (Lipinski definition) is 6. The van der Waals surface area contributed by atoms with Gasteiger partial charge in [-0.1, -0.05) is 0 Å². The Morgan fingerprint density at radius 1 is 1.22 bits per heavy atom. The summed E-state index contributed by atoms with van der Waals surface area (Å²) in [6.45, 7) is 2.89. The van der Waals surface area contributed by atoms with Crippen LogP contribution in [0.2, 0.25) is 0 Å². The van der Waals surface area contributed by atoms with E-state index in [-0.39, 0.29) is 17.7 Å². The summed E-state index contributed by atoms with van der Waals surface area (Å²) in [5.41, 5.74) is 0.793. The lowest BCUT2D eigenvalue weighted by molar-refractivity contribution is -0.128. The van der Waals surface area contributed by atoms with Crippen LogP contribution in [0.1, 0.15) is 31.0 Å². The van der Waals surface area contributed by atoms with Crippen molar-refractivity contribution in [2.24, 2.45) is 11.8 Å². The van der Waals surface area contributed by atoms with Crippen LogP contribution >= 0.6 is 0 Å². The smallest absolute Gasteiger partial charge is 0.225 e. The minimum absolute atomic E-state index is 0.00994. The molecular weight excluding hydrogens is 346 g/mol. The molecular formula is C18H23N7O2. The van der Waals surface area contributed by atoms with Crippen molar-refractivity contribution in [3.05, 3.63) is 18.0 Å². The van der Waals surface area contributed by atoms with E-state index in [1.165, 1.54) is 12.8 Å². The van der Waals surface area contributed by atoms with Gasteiger partial charge in [-0.25, -0.2) is 0 Å². The Hall–Kier alpha value is -2.71. The first kappa shape index (κ1) is 16.5. The van der Waals surface area contributed by atoms with Crippen molar-refractivity contribution in [1.82, 2.24) is 30.0 Å². The molecule has 27 heavy (non-hydrogen) atoms. The van der Waals surface area contributed by atoms with Crippen LogP contribution in [-0.2, 0) is 9.59 Å². The van der Waals surface area contributed by atoms with Crippen LogP contribution in [-0.4, -0.2) is 69.8 Å². The number of amides is 2. The molecule has 2 saturated heterocycles. The molecule has 0 radical (unpaired) electrons. The first-order valence-electron chi connectivity index (χ1n) is 9.57. The van der Waals surface area contributed by atoms with Crippen LogP contribution in [0.4, 0.5) is 5.82 Å². The predicted molar refractivity (Wildman–Crippen MR) is 97.2 cm³/mol. The number of anilines is 1. The third-order valence-electron chi connectivity index (χ3n) is 5.77. The number of rotatable bonds is 5. The summed E-state index contributed by atoms with van der Waals surface area (Å²) < 4.78 is 1.87. The first-order valence-corrected chi connectivity index (χ1v) is 9.57. The average Bonchev–Trinajstić information content (AvgIpc) is 3.29. The van der Waals surface area contributed by atoms with Gasteiger partial charge < -0.3 is 15.1 Å². The van der Waals surface area contributed by atoms with Crippen molar-refractivity contribution >= 4 is 23.3 Å². The SMILES string of the molecule is CN1CC(C(=O)NCC2CN(c3ccc4nnc(C5CC5)n4n3)C2)CC1=O. The second-order valence-electron chi connectivity index (χ2n) is 7.99. The Kier molecular flexibility index (Phi) is 3.76. The normalized spacial score (nSPS) is 23.1. The fourth-order valence-corrected chi connectivity index (χ4v) is 3.88. The molecule has 4 heterocycles. The molecule has 3 aliphatic rings. The van der Waals surface area contributed by atoms with Gasteiger partial charge in [0, 0.05) is 51.5 Å². The van der Waals surface area contributed by atoms with Gasteiger partial charge in [0.05, 0.1) is 5.92 Å². The molecule has 1 N–H and O–H groups in total. The van der Waals surface area contributed by atoms with Crippen LogP contribution in [0.3, 0.4) is 0 Å². The van der Waals surface area contributed by atoms with Crippen LogP contribution in [0.15, 0.2) is 12.1 Å². The Balaban J connectivity index is 1.15. The molecule has 0 bridgehead atoms. The van der Waals surface area contributed by atoms with Gasteiger partial charge in [-0.2, -0.15) is 4.52 Å². The quantitative estimate of drug-likeness (QED) is 0.799. The zero-order chi connectivity index (χ0) is 18.5. The highest BCUT2D eigenvalue weighted by Gasteiger charge is 2.34. The zero-order valence-corrected chi connectivity index (χ0v) is 15.3. The van der Waals surface area contributed by atoms with Gasteiger partial charge in [0.25, 0.3) is 0 Å². The summed E-state index contributed by atoms with van der Waals surface area (Å²) in [5.74, 6) is 2.63. The monoisotopic (exact) mass is 369 g/mol. The van der Waals surface area contributed by atoms with Crippen molar-refractivity contribution in [3.8, 4) is 0 Å². The molecule has 142 valence electrons. The van der Waals surface area contributed by atoms with Crippen LogP contribution in [0.5, 0.6) is 0 Å². The summed E-state index contributed by atoms with van der Waals surface area (Å²) in [4.78, 5) is 27.6. The third-order valence-corrected chi connectivity index (χ3v) is 5.77. The minimum Gasteiger partial charge on any atom is -0.355 e. The summed E-state index contributed by atoms with van der Waals surface area (Å²) in [6.07, 6.45) is 2.66. The molecule has 9 nitrogen and oxygen atoms in total. The summed E-state index contributed by atoms with van der Waals surface area (Å²) in [5, 5.41) is 16.2. The van der Waals surface area contributed by atoms with E-state index in [0.717, 1.165) is 30.4 Å². The maximum Gasteiger partial charge on any atom is 0.225 e. The van der Waals surface area contributed by atoms with Crippen molar-refractivity contribution < 1.29 is 9.59 Å². The first-order chi connectivity index (χ1) is 13.1. The lowest BCUT2D eigenvalue weighted by atomic mass is 9.99. The number of carbonyl (C=O) groups excluding carboxylic acids is 2. The number of carbonyl (C=O) groups is 2. The van der Waals surface area contributed by atoms with E-state index in [2.05, 4.69) is 20.4 Å². The Bertz CT molecular complexity index is 900. The van der Waals surface area contributed by atoms with Crippen molar-refractivity contribution in [1.29, 1.82) is 0 Å². The molecule has 1 unspecified atom stereocenters. The van der Waals surface area contributed by atoms with E-state index < -0.39 is 0 Å². The summed E-state index contributed by atoms with van der Waals surface area (Å²) in [7, 11) is 1.74. The van der Waals surface area contributed by atoms with Gasteiger partial charge in [0.15, 0.2) is 11.5 Å². The van der Waals surface area contributed by atoms with Gasteiger partial charge in [-0.15, -0.1) is 15.3 Å². The highest BCUT2D eigenvalue weighted by atomic mass is 16.2. The molecule has 1 aliphatic carbocycles. The van der Waals surface area contributed by atoms with E-state index in [9.17, 15) is 9.59 Å². The van der Waals surface area contributed by atoms with E-state index in [1.807, 2.05) is 16.6 Å². The number of likely N-dealkylation sites (tertiary alicyclic amines) is 1. The second-order valence-corrected chi connectivity index (χ2v) is 7.99. The topological polar surface area (TPSA) is 95.7 Å². The molecule has 2 aliphatic heterocycles. The molecule has 1 saturated carbocycles. The van der Waals surface area contributed by atoms with E-state index in [0.29, 0.717) is 31.3 Å². The average molecular weight is 369 g/mol. The van der Waals surface area contributed by atoms with Gasteiger partial charge in [0.1, 0.15) is 5.82 Å². The fourth-order valence-electron chi connectivity index (χ4n) is 3.88. The van der Waals surface area contributed by atoms with Crippen LogP contribution in [0, 0.1) is 11.8 Å². The number of nitrogens with one attached hydrogen (secondary N) is 1. The zero-order valence-electron chi connectivity index (χ0n) is 15.3. The van der Waals surface area contributed by atoms with Gasteiger partial charge in [0.2, 0.25) is 11.8 Å². The Morgan fingerprint density at radius 2 is 2.04 bits per heavy atom. The predicted octanol–water partition coefficient (Wildman–Crippen LogP) is 0.0324. The minimum atomic E-state index is -0.211. The van der Waals surface area contributed by atoms with Gasteiger partial charge >= 0.3 is 0 Å². The molecule has 2 amide bonds. The molecule has 5 rings (SSSR count). The number of hydrogen-bond donors (Lipinski definition) is 1. The molecule has 1 atom stereocenters. The number of fused-ring (bicyclic) bond motifs is 1.